The third-order valence-electron chi connectivity index (χ3n) is 4.37. The molecule has 4 heterocycles. The normalized spacial score (nSPS) is 17.0. The first kappa shape index (κ1) is 16.6. The number of nitrogens with one attached hydrogen (secondary N) is 1. The first-order chi connectivity index (χ1) is 12.7. The highest BCUT2D eigenvalue weighted by Crippen LogP contribution is 2.22. The molecular weight excluding hydrogens is 352 g/mol. The maximum Gasteiger partial charge on any atom is 0.230 e. The Balaban J connectivity index is 1.38. The number of carbonyl (C=O) groups excluding carboxylic acids is 2. The molecular formula is C18H18N4O3S. The number of furan rings is 1. The maximum atomic E-state index is 12.6. The molecule has 0 spiro atoms. The van der Waals surface area contributed by atoms with E-state index < -0.39 is 0 Å². The Morgan fingerprint density at radius 3 is 3.00 bits per heavy atom. The summed E-state index contributed by atoms with van der Waals surface area (Å²) >= 11 is 1.64. The van der Waals surface area contributed by atoms with Crippen molar-refractivity contribution < 1.29 is 14.0 Å². The van der Waals surface area contributed by atoms with Crippen molar-refractivity contribution in [2.75, 3.05) is 11.9 Å². The molecule has 0 bridgehead atoms. The largest absolute Gasteiger partial charge is 0.467 e. The lowest BCUT2D eigenvalue weighted by molar-refractivity contribution is -0.128. The second-order valence-corrected chi connectivity index (χ2v) is 7.23. The minimum Gasteiger partial charge on any atom is -0.467 e. The molecule has 7 nitrogen and oxygen atoms in total. The van der Waals surface area contributed by atoms with Gasteiger partial charge >= 0.3 is 0 Å². The van der Waals surface area contributed by atoms with Crippen LogP contribution in [0.5, 0.6) is 0 Å². The molecule has 4 rings (SSSR count). The lowest BCUT2D eigenvalue weighted by Crippen LogP contribution is -2.28. The molecule has 0 saturated carbocycles. The van der Waals surface area contributed by atoms with Gasteiger partial charge in [-0.1, -0.05) is 6.07 Å². The zero-order valence-corrected chi connectivity index (χ0v) is 14.8. The fourth-order valence-electron chi connectivity index (χ4n) is 3.03. The first-order valence-electron chi connectivity index (χ1n) is 8.34. The molecule has 1 aliphatic heterocycles. The number of rotatable bonds is 6. The van der Waals surface area contributed by atoms with Gasteiger partial charge in [-0.2, -0.15) is 5.10 Å². The molecule has 1 fully saturated rings. The number of hydrogen-bond acceptors (Lipinski definition) is 5. The SMILES string of the molecule is O=C(Nc1ccnn1Cc1cccs1)[C@H]1CC(=O)N(Cc2ccco2)C1. The highest BCUT2D eigenvalue weighted by atomic mass is 32.1. The van der Waals surface area contributed by atoms with Gasteiger partial charge < -0.3 is 14.6 Å². The van der Waals surface area contributed by atoms with Gasteiger partial charge in [-0.25, -0.2) is 4.68 Å². The number of amides is 2. The van der Waals surface area contributed by atoms with Crippen molar-refractivity contribution in [1.82, 2.24) is 14.7 Å². The Morgan fingerprint density at radius 1 is 1.31 bits per heavy atom. The van der Waals surface area contributed by atoms with E-state index in [2.05, 4.69) is 10.4 Å². The van der Waals surface area contributed by atoms with Crippen molar-refractivity contribution in [1.29, 1.82) is 0 Å². The van der Waals surface area contributed by atoms with Crippen molar-refractivity contribution in [2.45, 2.75) is 19.5 Å². The molecule has 1 aliphatic rings. The summed E-state index contributed by atoms with van der Waals surface area (Å²) in [6.07, 6.45) is 3.45. The van der Waals surface area contributed by atoms with Crippen LogP contribution in [0.4, 0.5) is 5.82 Å². The standard InChI is InChI=1S/C18H18N4O3S/c23-17-9-13(10-21(17)11-14-3-1-7-25-14)18(24)20-16-5-6-19-22(16)12-15-4-2-8-26-15/h1-8,13H,9-12H2,(H,20,24)/t13-/m0/s1. The molecule has 0 aromatic carbocycles. The summed E-state index contributed by atoms with van der Waals surface area (Å²) in [6.45, 7) is 1.39. The van der Waals surface area contributed by atoms with Crippen molar-refractivity contribution >= 4 is 29.0 Å². The van der Waals surface area contributed by atoms with Crippen LogP contribution in [0.1, 0.15) is 17.1 Å². The van der Waals surface area contributed by atoms with Gasteiger partial charge in [0.15, 0.2) is 0 Å². The number of aromatic nitrogens is 2. The monoisotopic (exact) mass is 370 g/mol. The number of nitrogens with zero attached hydrogens (tertiary/aromatic N) is 3. The molecule has 0 aliphatic carbocycles. The second-order valence-electron chi connectivity index (χ2n) is 6.20. The predicted octanol–water partition coefficient (Wildman–Crippen LogP) is 2.57. The molecule has 3 aromatic heterocycles. The van der Waals surface area contributed by atoms with Gasteiger partial charge in [-0.15, -0.1) is 11.3 Å². The molecule has 1 saturated heterocycles. The van der Waals surface area contributed by atoms with Gasteiger partial charge in [0.25, 0.3) is 0 Å². The molecule has 8 heteroatoms. The van der Waals surface area contributed by atoms with Gasteiger partial charge in [0.1, 0.15) is 11.6 Å². The molecule has 0 radical (unpaired) electrons. The van der Waals surface area contributed by atoms with Crippen LogP contribution < -0.4 is 5.32 Å². The van der Waals surface area contributed by atoms with Gasteiger partial charge in [-0.3, -0.25) is 9.59 Å². The minimum atomic E-state index is -0.373. The van der Waals surface area contributed by atoms with Crippen LogP contribution in [0.25, 0.3) is 0 Å². The maximum absolute atomic E-state index is 12.6. The predicted molar refractivity (Wildman–Crippen MR) is 96.5 cm³/mol. The quantitative estimate of drug-likeness (QED) is 0.723. The Hall–Kier alpha value is -2.87. The first-order valence-corrected chi connectivity index (χ1v) is 9.22. The van der Waals surface area contributed by atoms with Crippen molar-refractivity contribution in [3.63, 3.8) is 0 Å². The van der Waals surface area contributed by atoms with Crippen LogP contribution >= 0.6 is 11.3 Å². The number of carbonyl (C=O) groups is 2. The second kappa shape index (κ2) is 7.17. The summed E-state index contributed by atoms with van der Waals surface area (Å²) in [4.78, 5) is 27.6. The Kier molecular flexibility index (Phi) is 4.57. The Labute approximate surface area is 154 Å². The van der Waals surface area contributed by atoms with Crippen LogP contribution in [0.3, 0.4) is 0 Å². The van der Waals surface area contributed by atoms with Crippen LogP contribution in [-0.2, 0) is 22.7 Å². The lowest BCUT2D eigenvalue weighted by Gasteiger charge is -2.15. The van der Waals surface area contributed by atoms with E-state index in [1.54, 1.807) is 45.5 Å². The molecule has 2 amide bonds. The van der Waals surface area contributed by atoms with Crippen molar-refractivity contribution in [2.24, 2.45) is 5.92 Å². The van der Waals surface area contributed by atoms with E-state index in [0.29, 0.717) is 31.2 Å². The number of hydrogen-bond donors (Lipinski definition) is 1. The highest BCUT2D eigenvalue weighted by Gasteiger charge is 2.35. The fourth-order valence-corrected chi connectivity index (χ4v) is 3.72. The molecule has 1 N–H and O–H groups in total. The van der Waals surface area contributed by atoms with E-state index in [0.717, 1.165) is 4.88 Å². The number of anilines is 1. The van der Waals surface area contributed by atoms with Crippen molar-refractivity contribution in [3.8, 4) is 0 Å². The molecule has 0 unspecified atom stereocenters. The summed E-state index contributed by atoms with van der Waals surface area (Å²) in [5, 5.41) is 9.19. The minimum absolute atomic E-state index is 0.0337. The third-order valence-corrected chi connectivity index (χ3v) is 5.23. The summed E-state index contributed by atoms with van der Waals surface area (Å²) < 4.78 is 7.04. The Bertz CT molecular complexity index is 886. The topological polar surface area (TPSA) is 80.4 Å². The van der Waals surface area contributed by atoms with Crippen molar-refractivity contribution in [3.05, 3.63) is 58.8 Å². The van der Waals surface area contributed by atoms with E-state index in [9.17, 15) is 9.59 Å². The zero-order valence-electron chi connectivity index (χ0n) is 14.0. The van der Waals surface area contributed by atoms with Gasteiger partial charge in [0.05, 0.1) is 31.5 Å². The van der Waals surface area contributed by atoms with Crippen LogP contribution in [0.2, 0.25) is 0 Å². The fraction of sp³-hybridized carbons (Fsp3) is 0.278. The van der Waals surface area contributed by atoms with E-state index >= 15 is 0 Å². The van der Waals surface area contributed by atoms with Gasteiger partial charge in [0, 0.05) is 23.9 Å². The summed E-state index contributed by atoms with van der Waals surface area (Å²) in [6, 6.07) is 9.39. The number of likely N-dealkylation sites (tertiary alicyclic amines) is 1. The smallest absolute Gasteiger partial charge is 0.230 e. The highest BCUT2D eigenvalue weighted by molar-refractivity contribution is 7.09. The van der Waals surface area contributed by atoms with E-state index in [1.165, 1.54) is 0 Å². The summed E-state index contributed by atoms with van der Waals surface area (Å²) in [5.41, 5.74) is 0. The van der Waals surface area contributed by atoms with Crippen LogP contribution in [0, 0.1) is 5.92 Å². The average molecular weight is 370 g/mol. The summed E-state index contributed by atoms with van der Waals surface area (Å²) in [7, 11) is 0. The lowest BCUT2D eigenvalue weighted by atomic mass is 10.1. The average Bonchev–Trinajstić information content (AvgIpc) is 3.39. The Morgan fingerprint density at radius 2 is 2.23 bits per heavy atom. The summed E-state index contributed by atoms with van der Waals surface area (Å²) in [5.74, 6) is 0.790. The van der Waals surface area contributed by atoms with Crippen LogP contribution in [0.15, 0.2) is 52.6 Å². The molecule has 134 valence electrons. The van der Waals surface area contributed by atoms with E-state index in [4.69, 9.17) is 4.42 Å². The van der Waals surface area contributed by atoms with Gasteiger partial charge in [0.2, 0.25) is 11.8 Å². The van der Waals surface area contributed by atoms with Crippen LogP contribution in [-0.4, -0.2) is 33.0 Å². The third kappa shape index (κ3) is 3.55. The van der Waals surface area contributed by atoms with Gasteiger partial charge in [-0.05, 0) is 23.6 Å². The molecule has 26 heavy (non-hydrogen) atoms. The van der Waals surface area contributed by atoms with E-state index in [-0.39, 0.29) is 24.2 Å². The zero-order chi connectivity index (χ0) is 17.9. The molecule has 1 atom stereocenters. The van der Waals surface area contributed by atoms with E-state index in [1.807, 2.05) is 23.6 Å². The molecule has 3 aromatic rings. The number of thiophene rings is 1.